The second kappa shape index (κ2) is 8.28. The van der Waals surface area contributed by atoms with Crippen molar-refractivity contribution in [2.75, 3.05) is 7.11 Å². The molecule has 0 bridgehead atoms. The van der Waals surface area contributed by atoms with Gasteiger partial charge in [-0.1, -0.05) is 23.8 Å². The van der Waals surface area contributed by atoms with Crippen LogP contribution in [0.5, 0.6) is 5.75 Å². The van der Waals surface area contributed by atoms with Crippen molar-refractivity contribution in [3.63, 3.8) is 0 Å². The average Bonchev–Trinajstić information content (AvgIpc) is 2.60. The van der Waals surface area contributed by atoms with Crippen LogP contribution >= 0.6 is 0 Å². The van der Waals surface area contributed by atoms with Gasteiger partial charge in [0.1, 0.15) is 17.1 Å². The predicted octanol–water partition coefficient (Wildman–Crippen LogP) is 3.00. The minimum atomic E-state index is -0.974. The highest BCUT2D eigenvalue weighted by molar-refractivity contribution is 5.94. The quantitative estimate of drug-likeness (QED) is 0.818. The number of ether oxygens (including phenoxy) is 2. The second-order valence-electron chi connectivity index (χ2n) is 5.60. The number of esters is 1. The summed E-state index contributed by atoms with van der Waals surface area (Å²) in [6.07, 6.45) is -0.974. The second-order valence-corrected chi connectivity index (χ2v) is 5.60. The maximum absolute atomic E-state index is 12.9. The van der Waals surface area contributed by atoms with E-state index in [2.05, 4.69) is 5.32 Å². The lowest BCUT2D eigenvalue weighted by Gasteiger charge is -2.15. The number of halogens is 1. The van der Waals surface area contributed by atoms with Crippen LogP contribution in [0.1, 0.15) is 28.4 Å². The van der Waals surface area contributed by atoms with Crippen LogP contribution in [0.4, 0.5) is 4.39 Å². The van der Waals surface area contributed by atoms with Gasteiger partial charge < -0.3 is 14.8 Å². The first kappa shape index (κ1) is 18.4. The molecular formula is C19H20FNO4. The molecule has 5 nitrogen and oxygen atoms in total. The van der Waals surface area contributed by atoms with Crippen LogP contribution < -0.4 is 10.1 Å². The van der Waals surface area contributed by atoms with Crippen LogP contribution in [-0.4, -0.2) is 25.1 Å². The highest BCUT2D eigenvalue weighted by Crippen LogP contribution is 2.21. The van der Waals surface area contributed by atoms with Gasteiger partial charge in [0.15, 0.2) is 6.10 Å². The van der Waals surface area contributed by atoms with E-state index < -0.39 is 18.0 Å². The molecule has 0 aromatic heterocycles. The Hall–Kier alpha value is -2.89. The summed E-state index contributed by atoms with van der Waals surface area (Å²) in [6.45, 7) is 3.55. The van der Waals surface area contributed by atoms with E-state index in [-0.39, 0.29) is 17.9 Å². The fraction of sp³-hybridized carbons (Fsp3) is 0.263. The Kier molecular flexibility index (Phi) is 6.11. The van der Waals surface area contributed by atoms with Crippen LogP contribution in [0.3, 0.4) is 0 Å². The zero-order valence-corrected chi connectivity index (χ0v) is 14.3. The number of amides is 1. The van der Waals surface area contributed by atoms with Gasteiger partial charge in [-0.25, -0.2) is 9.18 Å². The van der Waals surface area contributed by atoms with Crippen molar-refractivity contribution in [2.24, 2.45) is 0 Å². The van der Waals surface area contributed by atoms with Crippen molar-refractivity contribution in [1.29, 1.82) is 0 Å². The predicted molar refractivity (Wildman–Crippen MR) is 90.9 cm³/mol. The smallest absolute Gasteiger partial charge is 0.342 e. The number of aryl methyl sites for hydroxylation is 1. The summed E-state index contributed by atoms with van der Waals surface area (Å²) in [5.74, 6) is -1.03. The number of hydrogen-bond acceptors (Lipinski definition) is 4. The monoisotopic (exact) mass is 345 g/mol. The maximum atomic E-state index is 12.9. The van der Waals surface area contributed by atoms with Crippen LogP contribution in [0.25, 0.3) is 0 Å². The summed E-state index contributed by atoms with van der Waals surface area (Å²) in [4.78, 5) is 24.4. The van der Waals surface area contributed by atoms with Gasteiger partial charge in [-0.05, 0) is 43.7 Å². The fourth-order valence-corrected chi connectivity index (χ4v) is 2.19. The lowest BCUT2D eigenvalue weighted by molar-refractivity contribution is -0.129. The third kappa shape index (κ3) is 5.04. The zero-order valence-electron chi connectivity index (χ0n) is 14.3. The number of nitrogens with one attached hydrogen (secondary N) is 1. The number of carbonyl (C=O) groups is 2. The molecule has 1 N–H and O–H groups in total. The van der Waals surface area contributed by atoms with E-state index in [0.29, 0.717) is 5.75 Å². The van der Waals surface area contributed by atoms with Gasteiger partial charge in [-0.15, -0.1) is 0 Å². The van der Waals surface area contributed by atoms with Crippen LogP contribution in [0.2, 0.25) is 0 Å². The molecule has 2 aromatic carbocycles. The summed E-state index contributed by atoms with van der Waals surface area (Å²) in [5.41, 5.74) is 1.88. The summed E-state index contributed by atoms with van der Waals surface area (Å²) in [5, 5.41) is 2.65. The van der Waals surface area contributed by atoms with Crippen molar-refractivity contribution in [1.82, 2.24) is 5.32 Å². The average molecular weight is 345 g/mol. The van der Waals surface area contributed by atoms with Gasteiger partial charge in [0, 0.05) is 6.54 Å². The van der Waals surface area contributed by atoms with E-state index in [1.807, 2.05) is 13.0 Å². The highest BCUT2D eigenvalue weighted by Gasteiger charge is 2.21. The Balaban J connectivity index is 1.95. The van der Waals surface area contributed by atoms with Gasteiger partial charge in [0.2, 0.25) is 0 Å². The Labute approximate surface area is 145 Å². The van der Waals surface area contributed by atoms with E-state index in [4.69, 9.17) is 9.47 Å². The normalized spacial score (nSPS) is 11.5. The number of benzene rings is 2. The van der Waals surface area contributed by atoms with Crippen molar-refractivity contribution in [2.45, 2.75) is 26.5 Å². The molecule has 1 amide bonds. The van der Waals surface area contributed by atoms with E-state index in [0.717, 1.165) is 11.1 Å². The molecule has 0 spiro atoms. The van der Waals surface area contributed by atoms with Crippen molar-refractivity contribution in [3.05, 3.63) is 65.0 Å². The van der Waals surface area contributed by atoms with E-state index >= 15 is 0 Å². The molecule has 0 aliphatic carbocycles. The third-order valence-electron chi connectivity index (χ3n) is 3.61. The van der Waals surface area contributed by atoms with E-state index in [9.17, 15) is 14.0 Å². The van der Waals surface area contributed by atoms with Gasteiger partial charge in [0.25, 0.3) is 5.91 Å². The van der Waals surface area contributed by atoms with Crippen molar-refractivity contribution in [3.8, 4) is 5.75 Å². The highest BCUT2D eigenvalue weighted by atomic mass is 19.1. The van der Waals surface area contributed by atoms with Crippen LogP contribution in [-0.2, 0) is 16.1 Å². The van der Waals surface area contributed by atoms with Crippen LogP contribution in [0.15, 0.2) is 42.5 Å². The molecular weight excluding hydrogens is 325 g/mol. The van der Waals surface area contributed by atoms with Crippen LogP contribution in [0, 0.1) is 12.7 Å². The number of hydrogen-bond donors (Lipinski definition) is 1. The van der Waals surface area contributed by atoms with E-state index in [1.54, 1.807) is 24.3 Å². The van der Waals surface area contributed by atoms with Gasteiger partial charge >= 0.3 is 5.97 Å². The molecule has 0 aliphatic rings. The molecule has 1 atom stereocenters. The minimum Gasteiger partial charge on any atom is -0.496 e. The summed E-state index contributed by atoms with van der Waals surface area (Å²) in [6, 6.07) is 10.9. The Morgan fingerprint density at radius 1 is 1.16 bits per heavy atom. The number of carbonyl (C=O) groups excluding carboxylic acids is 2. The van der Waals surface area contributed by atoms with Crippen molar-refractivity contribution < 1.29 is 23.5 Å². The Bertz CT molecular complexity index is 759. The largest absolute Gasteiger partial charge is 0.496 e. The molecule has 0 unspecified atom stereocenters. The Morgan fingerprint density at radius 2 is 1.84 bits per heavy atom. The lowest BCUT2D eigenvalue weighted by Crippen LogP contribution is -2.35. The molecule has 0 saturated heterocycles. The number of methoxy groups -OCH3 is 1. The van der Waals surface area contributed by atoms with Gasteiger partial charge in [-0.3, -0.25) is 4.79 Å². The molecule has 2 aromatic rings. The number of rotatable bonds is 6. The minimum absolute atomic E-state index is 0.217. The molecule has 0 fully saturated rings. The summed E-state index contributed by atoms with van der Waals surface area (Å²) >= 11 is 0. The first-order chi connectivity index (χ1) is 11.9. The molecule has 0 saturated carbocycles. The summed E-state index contributed by atoms with van der Waals surface area (Å²) in [7, 11) is 1.46. The topological polar surface area (TPSA) is 64.6 Å². The molecule has 2 rings (SSSR count). The molecule has 6 heteroatoms. The fourth-order valence-electron chi connectivity index (χ4n) is 2.19. The van der Waals surface area contributed by atoms with Crippen molar-refractivity contribution >= 4 is 11.9 Å². The van der Waals surface area contributed by atoms with Gasteiger partial charge in [0.05, 0.1) is 7.11 Å². The standard InChI is InChI=1S/C19H20FNO4/c1-12-4-9-17(24-3)16(10-12)19(23)25-13(2)18(22)21-11-14-5-7-15(20)8-6-14/h4-10,13H,11H2,1-3H3,(H,21,22)/t13-/m1/s1. The molecule has 0 aliphatic heterocycles. The molecule has 132 valence electrons. The molecule has 0 radical (unpaired) electrons. The molecule has 25 heavy (non-hydrogen) atoms. The first-order valence-corrected chi connectivity index (χ1v) is 7.78. The first-order valence-electron chi connectivity index (χ1n) is 7.78. The third-order valence-corrected chi connectivity index (χ3v) is 3.61. The SMILES string of the molecule is COc1ccc(C)cc1C(=O)O[C@H](C)C(=O)NCc1ccc(F)cc1. The zero-order chi connectivity index (χ0) is 18.4. The van der Waals surface area contributed by atoms with Gasteiger partial charge in [-0.2, -0.15) is 0 Å². The molecule has 0 heterocycles. The lowest BCUT2D eigenvalue weighted by atomic mass is 10.1. The maximum Gasteiger partial charge on any atom is 0.342 e. The Morgan fingerprint density at radius 3 is 2.48 bits per heavy atom. The summed E-state index contributed by atoms with van der Waals surface area (Å²) < 4.78 is 23.2. The van der Waals surface area contributed by atoms with E-state index in [1.165, 1.54) is 26.2 Å².